The Morgan fingerprint density at radius 3 is 2.70 bits per heavy atom. The van der Waals surface area contributed by atoms with Crippen LogP contribution < -0.4 is 4.72 Å². The smallest absolute Gasteiger partial charge is 0.301 e. The molecule has 1 N–H and O–H groups in total. The number of furan rings is 1. The molecule has 108 valence electrons. The maximum Gasteiger partial charge on any atom is 0.301 e. The number of hydrogen-bond acceptors (Lipinski definition) is 6. The molecule has 2 rings (SSSR count). The summed E-state index contributed by atoms with van der Waals surface area (Å²) in [6, 6.07) is 1.64. The Morgan fingerprint density at radius 1 is 1.45 bits per heavy atom. The van der Waals surface area contributed by atoms with Crippen LogP contribution in [0.5, 0.6) is 0 Å². The van der Waals surface area contributed by atoms with Gasteiger partial charge in [-0.05, 0) is 12.0 Å². The molecule has 0 saturated heterocycles. The van der Waals surface area contributed by atoms with E-state index in [-0.39, 0.29) is 16.7 Å². The maximum atomic E-state index is 12.0. The first-order valence-corrected chi connectivity index (χ1v) is 7.30. The van der Waals surface area contributed by atoms with E-state index in [2.05, 4.69) is 10.3 Å². The van der Waals surface area contributed by atoms with E-state index in [0.29, 0.717) is 5.56 Å². The molecular weight excluding hydrogens is 284 g/mol. The van der Waals surface area contributed by atoms with Crippen LogP contribution in [0.25, 0.3) is 0 Å². The van der Waals surface area contributed by atoms with Gasteiger partial charge in [0.1, 0.15) is 0 Å². The van der Waals surface area contributed by atoms with Gasteiger partial charge in [0.05, 0.1) is 12.5 Å². The molecule has 8 nitrogen and oxygen atoms in total. The summed E-state index contributed by atoms with van der Waals surface area (Å²) in [6.45, 7) is 3.75. The third kappa shape index (κ3) is 2.57. The van der Waals surface area contributed by atoms with Crippen LogP contribution >= 0.6 is 0 Å². The lowest BCUT2D eigenvalue weighted by Gasteiger charge is -2.07. The van der Waals surface area contributed by atoms with Gasteiger partial charge in [-0.25, -0.2) is 9.40 Å². The Morgan fingerprint density at radius 2 is 2.15 bits per heavy atom. The van der Waals surface area contributed by atoms with Gasteiger partial charge in [-0.2, -0.15) is 8.42 Å². The van der Waals surface area contributed by atoms with E-state index in [0.717, 1.165) is 10.9 Å². The first-order valence-electron chi connectivity index (χ1n) is 5.82. The molecule has 20 heavy (non-hydrogen) atoms. The highest BCUT2D eigenvalue weighted by Crippen LogP contribution is 2.20. The first-order chi connectivity index (χ1) is 9.33. The molecule has 0 aliphatic carbocycles. The van der Waals surface area contributed by atoms with Crippen LogP contribution in [-0.2, 0) is 17.1 Å². The molecule has 0 aromatic carbocycles. The molecule has 0 aliphatic rings. The van der Waals surface area contributed by atoms with Crippen LogP contribution in [0.1, 0.15) is 35.9 Å². The second kappa shape index (κ2) is 5.08. The van der Waals surface area contributed by atoms with Crippen molar-refractivity contribution in [2.24, 2.45) is 7.05 Å². The van der Waals surface area contributed by atoms with Gasteiger partial charge in [0.15, 0.2) is 10.8 Å². The Bertz CT molecular complexity index is 729. The van der Waals surface area contributed by atoms with Crippen molar-refractivity contribution in [2.45, 2.75) is 24.8 Å². The van der Waals surface area contributed by atoms with E-state index in [1.807, 2.05) is 18.6 Å². The van der Waals surface area contributed by atoms with Crippen molar-refractivity contribution in [1.29, 1.82) is 0 Å². The SMILES string of the molecule is CC(C)c1ccoc1C(=O)NS(=O)(=O)c1cnnn1C. The van der Waals surface area contributed by atoms with Crippen LogP contribution in [-0.4, -0.2) is 29.3 Å². The summed E-state index contributed by atoms with van der Waals surface area (Å²) in [6.07, 6.45) is 2.41. The second-order valence-electron chi connectivity index (χ2n) is 4.49. The Balaban J connectivity index is 2.28. The zero-order chi connectivity index (χ0) is 14.9. The summed E-state index contributed by atoms with van der Waals surface area (Å²) in [5.74, 6) is -0.797. The summed E-state index contributed by atoms with van der Waals surface area (Å²) in [7, 11) is -2.62. The van der Waals surface area contributed by atoms with Crippen LogP contribution in [0.15, 0.2) is 28.0 Å². The molecule has 0 saturated carbocycles. The molecule has 9 heteroatoms. The van der Waals surface area contributed by atoms with Gasteiger partial charge in [-0.15, -0.1) is 5.10 Å². The van der Waals surface area contributed by atoms with Gasteiger partial charge in [0.25, 0.3) is 10.0 Å². The van der Waals surface area contributed by atoms with E-state index in [4.69, 9.17) is 4.42 Å². The Hall–Kier alpha value is -2.16. The van der Waals surface area contributed by atoms with E-state index in [9.17, 15) is 13.2 Å². The van der Waals surface area contributed by atoms with E-state index in [1.54, 1.807) is 6.07 Å². The van der Waals surface area contributed by atoms with Gasteiger partial charge in [0.2, 0.25) is 0 Å². The fraction of sp³-hybridized carbons (Fsp3) is 0.364. The van der Waals surface area contributed by atoms with E-state index >= 15 is 0 Å². The van der Waals surface area contributed by atoms with Crippen molar-refractivity contribution in [1.82, 2.24) is 19.7 Å². The van der Waals surface area contributed by atoms with Gasteiger partial charge in [-0.3, -0.25) is 4.79 Å². The number of amides is 1. The third-order valence-electron chi connectivity index (χ3n) is 2.70. The van der Waals surface area contributed by atoms with Crippen molar-refractivity contribution in [2.75, 3.05) is 0 Å². The number of nitrogens with zero attached hydrogens (tertiary/aromatic N) is 3. The Labute approximate surface area is 115 Å². The molecule has 2 aromatic heterocycles. The minimum atomic E-state index is -4.04. The number of rotatable bonds is 4. The van der Waals surface area contributed by atoms with Crippen molar-refractivity contribution in [3.8, 4) is 0 Å². The van der Waals surface area contributed by atoms with Crippen LogP contribution in [0.2, 0.25) is 0 Å². The molecule has 0 bridgehead atoms. The average Bonchev–Trinajstić information content (AvgIpc) is 2.95. The van der Waals surface area contributed by atoms with Crippen LogP contribution in [0.3, 0.4) is 0 Å². The summed E-state index contributed by atoms with van der Waals surface area (Å²) < 4.78 is 32.1. The number of hydrogen-bond donors (Lipinski definition) is 1. The predicted octanol–water partition coefficient (Wildman–Crippen LogP) is 0.650. The van der Waals surface area contributed by atoms with Crippen LogP contribution in [0.4, 0.5) is 0 Å². The lowest BCUT2D eigenvalue weighted by Crippen LogP contribution is -2.32. The third-order valence-corrected chi connectivity index (χ3v) is 4.07. The number of carbonyl (C=O) groups excluding carboxylic acids is 1. The van der Waals surface area contributed by atoms with Crippen molar-refractivity contribution >= 4 is 15.9 Å². The topological polar surface area (TPSA) is 107 Å². The molecule has 0 fully saturated rings. The Kier molecular flexibility index (Phi) is 3.62. The number of aromatic nitrogens is 3. The molecule has 0 aliphatic heterocycles. The first kappa shape index (κ1) is 14.3. The van der Waals surface area contributed by atoms with Crippen molar-refractivity contribution in [3.05, 3.63) is 29.9 Å². The zero-order valence-corrected chi connectivity index (χ0v) is 12.0. The molecule has 0 radical (unpaired) electrons. The number of carbonyl (C=O) groups is 1. The highest BCUT2D eigenvalue weighted by atomic mass is 32.2. The predicted molar refractivity (Wildman–Crippen MR) is 68.5 cm³/mol. The highest BCUT2D eigenvalue weighted by Gasteiger charge is 2.26. The fourth-order valence-electron chi connectivity index (χ4n) is 1.70. The largest absolute Gasteiger partial charge is 0.459 e. The van der Waals surface area contributed by atoms with E-state index < -0.39 is 15.9 Å². The molecule has 2 heterocycles. The highest BCUT2D eigenvalue weighted by molar-refractivity contribution is 7.90. The average molecular weight is 298 g/mol. The minimum absolute atomic E-state index is 0.0151. The minimum Gasteiger partial charge on any atom is -0.459 e. The standard InChI is InChI=1S/C11H14N4O4S/c1-7(2)8-4-5-19-10(8)11(16)13-20(17,18)9-6-12-14-15(9)3/h4-7H,1-3H3,(H,13,16). The molecule has 0 spiro atoms. The van der Waals surface area contributed by atoms with Gasteiger partial charge < -0.3 is 4.42 Å². The summed E-state index contributed by atoms with van der Waals surface area (Å²) >= 11 is 0. The second-order valence-corrected chi connectivity index (χ2v) is 6.12. The monoisotopic (exact) mass is 298 g/mol. The van der Waals surface area contributed by atoms with E-state index in [1.165, 1.54) is 13.3 Å². The lowest BCUT2D eigenvalue weighted by atomic mass is 10.0. The summed E-state index contributed by atoms with van der Waals surface area (Å²) in [5, 5.41) is 6.77. The molecule has 1 amide bonds. The fourth-order valence-corrected chi connectivity index (χ4v) is 2.71. The van der Waals surface area contributed by atoms with Gasteiger partial charge in [0, 0.05) is 12.6 Å². The molecular formula is C11H14N4O4S. The molecule has 0 atom stereocenters. The summed E-state index contributed by atoms with van der Waals surface area (Å²) in [5.41, 5.74) is 0.640. The van der Waals surface area contributed by atoms with Crippen LogP contribution in [0, 0.1) is 0 Å². The lowest BCUT2D eigenvalue weighted by molar-refractivity contribution is 0.0952. The van der Waals surface area contributed by atoms with Crippen molar-refractivity contribution in [3.63, 3.8) is 0 Å². The van der Waals surface area contributed by atoms with Crippen molar-refractivity contribution < 1.29 is 17.6 Å². The number of nitrogens with one attached hydrogen (secondary N) is 1. The molecule has 2 aromatic rings. The maximum absolute atomic E-state index is 12.0. The quantitative estimate of drug-likeness (QED) is 0.888. The van der Waals surface area contributed by atoms with Gasteiger partial charge >= 0.3 is 5.91 Å². The molecule has 0 unspecified atom stereocenters. The zero-order valence-electron chi connectivity index (χ0n) is 11.2. The number of aryl methyl sites for hydroxylation is 1. The normalized spacial score (nSPS) is 11.8. The number of sulfonamides is 1. The van der Waals surface area contributed by atoms with Gasteiger partial charge in [-0.1, -0.05) is 19.1 Å². The summed E-state index contributed by atoms with van der Waals surface area (Å²) in [4.78, 5) is 12.0.